The average Bonchev–Trinajstić information content (AvgIpc) is 3.04. The molecule has 1 aromatic carbocycles. The Kier molecular flexibility index (Phi) is 6.25. The monoisotopic (exact) mass is 290 g/mol. The minimum absolute atomic E-state index is 0.343. The number of aliphatic hydroxyl groups is 1. The first kappa shape index (κ1) is 16.5. The van der Waals surface area contributed by atoms with Gasteiger partial charge in [-0.2, -0.15) is 0 Å². The second-order valence-corrected chi connectivity index (χ2v) is 6.12. The summed E-state index contributed by atoms with van der Waals surface area (Å²) in [5.74, 6) is 0. The van der Waals surface area contributed by atoms with Gasteiger partial charge in [-0.25, -0.2) is 0 Å². The van der Waals surface area contributed by atoms with Crippen molar-refractivity contribution in [1.29, 1.82) is 0 Å². The van der Waals surface area contributed by atoms with Crippen LogP contribution in [0.5, 0.6) is 0 Å². The molecule has 2 unspecified atom stereocenters. The first-order chi connectivity index (χ1) is 10.2. The Morgan fingerprint density at radius 2 is 1.81 bits per heavy atom. The first-order valence-electron chi connectivity index (χ1n) is 8.63. The number of benzene rings is 1. The number of aryl methyl sites for hydroxylation is 3. The standard InChI is InChI=1S/C19H30O2/c1-4-14-12-15(5-2)19(16(6-3)13-14)18(20)10-9-17-8-7-11-21-17/h12-13,17-18,20H,4-11H2,1-3H3. The van der Waals surface area contributed by atoms with E-state index in [9.17, 15) is 5.11 Å². The van der Waals surface area contributed by atoms with Gasteiger partial charge in [0.2, 0.25) is 0 Å². The van der Waals surface area contributed by atoms with E-state index in [4.69, 9.17) is 4.74 Å². The minimum Gasteiger partial charge on any atom is -0.388 e. The van der Waals surface area contributed by atoms with E-state index in [1.54, 1.807) is 0 Å². The normalized spacial score (nSPS) is 19.9. The molecular weight excluding hydrogens is 260 g/mol. The summed E-state index contributed by atoms with van der Waals surface area (Å²) in [7, 11) is 0. The Morgan fingerprint density at radius 3 is 2.29 bits per heavy atom. The third kappa shape index (κ3) is 4.08. The third-order valence-electron chi connectivity index (χ3n) is 4.70. The van der Waals surface area contributed by atoms with E-state index in [0.29, 0.717) is 6.10 Å². The Hall–Kier alpha value is -0.860. The SMILES string of the molecule is CCc1cc(CC)c(C(O)CCC2CCCO2)c(CC)c1. The summed E-state index contributed by atoms with van der Waals surface area (Å²) < 4.78 is 5.68. The van der Waals surface area contributed by atoms with Crippen molar-refractivity contribution >= 4 is 0 Å². The quantitative estimate of drug-likeness (QED) is 0.808. The molecule has 2 nitrogen and oxygen atoms in total. The molecule has 2 heteroatoms. The lowest BCUT2D eigenvalue weighted by molar-refractivity contribution is 0.0808. The molecule has 0 aromatic heterocycles. The van der Waals surface area contributed by atoms with Crippen LogP contribution < -0.4 is 0 Å². The molecule has 2 atom stereocenters. The highest BCUT2D eigenvalue weighted by Gasteiger charge is 2.20. The highest BCUT2D eigenvalue weighted by molar-refractivity contribution is 5.41. The van der Waals surface area contributed by atoms with Gasteiger partial charge in [0.15, 0.2) is 0 Å². The molecule has 0 saturated carbocycles. The second-order valence-electron chi connectivity index (χ2n) is 6.12. The summed E-state index contributed by atoms with van der Waals surface area (Å²) in [6.07, 6.45) is 7.19. The van der Waals surface area contributed by atoms with E-state index in [1.807, 2.05) is 0 Å². The Balaban J connectivity index is 2.15. The number of hydrogen-bond acceptors (Lipinski definition) is 2. The largest absolute Gasteiger partial charge is 0.388 e. The van der Waals surface area contributed by atoms with Crippen LogP contribution in [-0.4, -0.2) is 17.8 Å². The van der Waals surface area contributed by atoms with Crippen LogP contribution in [0, 0.1) is 0 Å². The van der Waals surface area contributed by atoms with E-state index in [-0.39, 0.29) is 6.10 Å². The van der Waals surface area contributed by atoms with Crippen molar-refractivity contribution in [2.75, 3.05) is 6.61 Å². The van der Waals surface area contributed by atoms with Crippen LogP contribution in [-0.2, 0) is 24.0 Å². The summed E-state index contributed by atoms with van der Waals surface area (Å²) in [5.41, 5.74) is 5.23. The molecule has 21 heavy (non-hydrogen) atoms. The molecular formula is C19H30O2. The molecule has 1 fully saturated rings. The zero-order chi connectivity index (χ0) is 15.2. The summed E-state index contributed by atoms with van der Waals surface area (Å²) >= 11 is 0. The van der Waals surface area contributed by atoms with Crippen LogP contribution in [0.3, 0.4) is 0 Å². The third-order valence-corrected chi connectivity index (χ3v) is 4.70. The maximum atomic E-state index is 10.7. The van der Waals surface area contributed by atoms with E-state index in [2.05, 4.69) is 32.9 Å². The summed E-state index contributed by atoms with van der Waals surface area (Å²) in [6.45, 7) is 7.46. The fourth-order valence-electron chi connectivity index (χ4n) is 3.43. The van der Waals surface area contributed by atoms with Crippen LogP contribution in [0.15, 0.2) is 12.1 Å². The molecule has 0 radical (unpaired) electrons. The topological polar surface area (TPSA) is 29.5 Å². The molecule has 1 heterocycles. The van der Waals surface area contributed by atoms with Crippen LogP contribution in [0.1, 0.15) is 74.8 Å². The lowest BCUT2D eigenvalue weighted by atomic mass is 9.88. The lowest BCUT2D eigenvalue weighted by Crippen LogP contribution is -2.11. The zero-order valence-electron chi connectivity index (χ0n) is 13.8. The summed E-state index contributed by atoms with van der Waals surface area (Å²) in [6, 6.07) is 4.56. The Bertz CT molecular complexity index is 422. The fraction of sp³-hybridized carbons (Fsp3) is 0.684. The van der Waals surface area contributed by atoms with Gasteiger partial charge in [-0.3, -0.25) is 0 Å². The molecule has 1 aromatic rings. The number of aliphatic hydroxyl groups excluding tert-OH is 1. The van der Waals surface area contributed by atoms with E-state index in [0.717, 1.165) is 45.1 Å². The van der Waals surface area contributed by atoms with Crippen molar-refractivity contribution in [2.45, 2.75) is 77.9 Å². The number of hydrogen-bond donors (Lipinski definition) is 1. The highest BCUT2D eigenvalue weighted by Crippen LogP contribution is 2.30. The van der Waals surface area contributed by atoms with E-state index >= 15 is 0 Å². The van der Waals surface area contributed by atoms with Gasteiger partial charge in [0, 0.05) is 6.61 Å². The van der Waals surface area contributed by atoms with Gasteiger partial charge in [0.05, 0.1) is 12.2 Å². The second kappa shape index (κ2) is 7.95. The van der Waals surface area contributed by atoms with Crippen LogP contribution in [0.2, 0.25) is 0 Å². The van der Waals surface area contributed by atoms with Gasteiger partial charge in [0.25, 0.3) is 0 Å². The molecule has 0 amide bonds. The highest BCUT2D eigenvalue weighted by atomic mass is 16.5. The van der Waals surface area contributed by atoms with Crippen molar-refractivity contribution in [1.82, 2.24) is 0 Å². The minimum atomic E-state index is -0.343. The molecule has 0 bridgehead atoms. The lowest BCUT2D eigenvalue weighted by Gasteiger charge is -2.21. The molecule has 118 valence electrons. The fourth-order valence-corrected chi connectivity index (χ4v) is 3.43. The van der Waals surface area contributed by atoms with Gasteiger partial charge >= 0.3 is 0 Å². The smallest absolute Gasteiger partial charge is 0.0796 e. The van der Waals surface area contributed by atoms with Gasteiger partial charge in [-0.1, -0.05) is 32.9 Å². The number of ether oxygens (including phenoxy) is 1. The van der Waals surface area contributed by atoms with Gasteiger partial charge < -0.3 is 9.84 Å². The van der Waals surface area contributed by atoms with Crippen molar-refractivity contribution in [3.05, 3.63) is 34.4 Å². The van der Waals surface area contributed by atoms with Crippen LogP contribution in [0.4, 0.5) is 0 Å². The van der Waals surface area contributed by atoms with Crippen LogP contribution >= 0.6 is 0 Å². The molecule has 2 rings (SSSR count). The first-order valence-corrected chi connectivity index (χ1v) is 8.63. The van der Waals surface area contributed by atoms with Crippen molar-refractivity contribution in [3.8, 4) is 0 Å². The Labute approximate surface area is 129 Å². The molecule has 0 spiro atoms. The van der Waals surface area contributed by atoms with Crippen molar-refractivity contribution < 1.29 is 9.84 Å². The van der Waals surface area contributed by atoms with Crippen LogP contribution in [0.25, 0.3) is 0 Å². The van der Waals surface area contributed by atoms with Crippen molar-refractivity contribution in [3.63, 3.8) is 0 Å². The maximum Gasteiger partial charge on any atom is 0.0796 e. The van der Waals surface area contributed by atoms with Gasteiger partial charge in [0.1, 0.15) is 0 Å². The Morgan fingerprint density at radius 1 is 1.14 bits per heavy atom. The average molecular weight is 290 g/mol. The molecule has 1 N–H and O–H groups in total. The molecule has 1 saturated heterocycles. The molecule has 0 aliphatic carbocycles. The molecule has 1 aliphatic rings. The predicted octanol–water partition coefficient (Wildman–Crippen LogP) is 4.37. The summed E-state index contributed by atoms with van der Waals surface area (Å²) in [4.78, 5) is 0. The van der Waals surface area contributed by atoms with Gasteiger partial charge in [-0.05, 0) is 67.2 Å². The van der Waals surface area contributed by atoms with E-state index < -0.39 is 0 Å². The maximum absolute atomic E-state index is 10.7. The zero-order valence-corrected chi connectivity index (χ0v) is 13.8. The summed E-state index contributed by atoms with van der Waals surface area (Å²) in [5, 5.41) is 10.7. The van der Waals surface area contributed by atoms with Crippen molar-refractivity contribution in [2.24, 2.45) is 0 Å². The predicted molar refractivity (Wildman–Crippen MR) is 87.7 cm³/mol. The number of rotatable bonds is 7. The van der Waals surface area contributed by atoms with E-state index in [1.165, 1.54) is 28.7 Å². The molecule has 1 aliphatic heterocycles. The van der Waals surface area contributed by atoms with Gasteiger partial charge in [-0.15, -0.1) is 0 Å².